The summed E-state index contributed by atoms with van der Waals surface area (Å²) in [4.78, 5) is 0. The monoisotopic (exact) mass is 722 g/mol. The van der Waals surface area contributed by atoms with Crippen LogP contribution in [0.2, 0.25) is 0 Å². The Balaban J connectivity index is 1.49. The maximum Gasteiger partial charge on any atom is 0.246 e. The molecular formula is C46H44O4P2. The summed E-state index contributed by atoms with van der Waals surface area (Å²) in [7, 11) is -2.11. The van der Waals surface area contributed by atoms with Crippen molar-refractivity contribution in [3.05, 3.63) is 144 Å². The van der Waals surface area contributed by atoms with Crippen molar-refractivity contribution in [1.29, 1.82) is 0 Å². The molecule has 0 fully saturated rings. The molecule has 6 aromatic carbocycles. The van der Waals surface area contributed by atoms with Gasteiger partial charge in [0, 0.05) is 38.8 Å². The van der Waals surface area contributed by atoms with E-state index < -0.39 is 27.4 Å². The molecule has 0 amide bonds. The number of benzene rings is 6. The summed E-state index contributed by atoms with van der Waals surface area (Å²) in [6, 6.07) is 44.7. The van der Waals surface area contributed by atoms with Crippen LogP contribution in [0, 0.1) is 27.7 Å². The van der Waals surface area contributed by atoms with Gasteiger partial charge in [-0.3, -0.25) is 0 Å². The minimum absolute atomic E-state index is 0.725. The number of hydrogen-bond acceptors (Lipinski definition) is 4. The predicted octanol–water partition coefficient (Wildman–Crippen LogP) is 9.12. The van der Waals surface area contributed by atoms with Crippen LogP contribution < -0.4 is 50.8 Å². The summed E-state index contributed by atoms with van der Waals surface area (Å²) in [5.74, 6) is 1.23. The van der Waals surface area contributed by atoms with E-state index in [9.17, 15) is 0 Å². The van der Waals surface area contributed by atoms with Crippen LogP contribution in [0.4, 0.5) is 0 Å². The van der Waals surface area contributed by atoms with E-state index in [1.54, 1.807) is 0 Å². The molecule has 8 rings (SSSR count). The van der Waals surface area contributed by atoms with E-state index in [2.05, 4.69) is 149 Å². The van der Waals surface area contributed by atoms with Gasteiger partial charge in [-0.1, -0.05) is 119 Å². The molecule has 2 aliphatic rings. The Kier molecular flexibility index (Phi) is 8.68. The fraction of sp³-hybridized carbons (Fsp3) is 0.217. The summed E-state index contributed by atoms with van der Waals surface area (Å²) in [5, 5.41) is 7.39. The van der Waals surface area contributed by atoms with Gasteiger partial charge >= 0.3 is 0 Å². The van der Waals surface area contributed by atoms with Gasteiger partial charge < -0.3 is 18.9 Å². The fourth-order valence-corrected chi connectivity index (χ4v) is 11.8. The zero-order valence-electron chi connectivity index (χ0n) is 31.1. The number of hydrogen-bond donors (Lipinski definition) is 0. The standard InChI is InChI=1S/C46H44O4P2/c1-29-9-17-33(18-10-29)51(34-19-11-30(2)12-20-34)39-27-25-37-43(49-45(5,6)47-37)41(39)42-40(28-26-38-44(42)50-46(7,8)48-38)52(35-21-13-31(3)14-22-35)36-23-15-32(4)16-24-36/h9-28H,1-8H3. The van der Waals surface area contributed by atoms with Crippen LogP contribution in [-0.2, 0) is 0 Å². The molecule has 0 atom stereocenters. The van der Waals surface area contributed by atoms with Crippen LogP contribution in [0.15, 0.2) is 121 Å². The lowest BCUT2D eigenvalue weighted by Crippen LogP contribution is -2.31. The third-order valence-corrected chi connectivity index (χ3v) is 14.5. The van der Waals surface area contributed by atoms with Crippen molar-refractivity contribution in [1.82, 2.24) is 0 Å². The van der Waals surface area contributed by atoms with E-state index >= 15 is 0 Å². The molecule has 52 heavy (non-hydrogen) atoms. The summed E-state index contributed by atoms with van der Waals surface area (Å²) in [5.41, 5.74) is 6.91. The van der Waals surface area contributed by atoms with Gasteiger partial charge in [-0.25, -0.2) is 0 Å². The lowest BCUT2D eigenvalue weighted by atomic mass is 10.0. The smallest absolute Gasteiger partial charge is 0.246 e. The van der Waals surface area contributed by atoms with Crippen LogP contribution in [0.1, 0.15) is 49.9 Å². The van der Waals surface area contributed by atoms with Crippen LogP contribution in [0.3, 0.4) is 0 Å². The first-order valence-electron chi connectivity index (χ1n) is 17.8. The van der Waals surface area contributed by atoms with Gasteiger partial charge in [0.2, 0.25) is 11.6 Å². The molecule has 0 aromatic heterocycles. The largest absolute Gasteiger partial charge is 0.449 e. The lowest BCUT2D eigenvalue weighted by Gasteiger charge is -2.28. The minimum Gasteiger partial charge on any atom is -0.449 e. The van der Waals surface area contributed by atoms with Crippen molar-refractivity contribution in [2.75, 3.05) is 0 Å². The molecule has 0 unspecified atom stereocenters. The highest BCUT2D eigenvalue weighted by molar-refractivity contribution is 7.80. The first-order chi connectivity index (χ1) is 24.9. The molecule has 0 aliphatic carbocycles. The van der Waals surface area contributed by atoms with Gasteiger partial charge in [0.15, 0.2) is 23.0 Å². The average Bonchev–Trinajstić information content (AvgIpc) is 3.61. The Labute approximate surface area is 310 Å². The molecule has 6 heteroatoms. The van der Waals surface area contributed by atoms with Gasteiger partial charge in [-0.2, -0.15) is 0 Å². The van der Waals surface area contributed by atoms with Gasteiger partial charge in [-0.05, 0) is 99.6 Å². The van der Waals surface area contributed by atoms with E-state index in [1.807, 2.05) is 27.7 Å². The maximum atomic E-state index is 6.87. The number of fused-ring (bicyclic) bond motifs is 2. The molecule has 262 valence electrons. The molecule has 2 heterocycles. The Morgan fingerprint density at radius 1 is 0.346 bits per heavy atom. The van der Waals surface area contributed by atoms with Crippen LogP contribution in [-0.4, -0.2) is 11.6 Å². The fourth-order valence-electron chi connectivity index (χ4n) is 7.02. The summed E-state index contributed by atoms with van der Waals surface area (Å²) in [6.07, 6.45) is 0. The van der Waals surface area contributed by atoms with Crippen LogP contribution in [0.25, 0.3) is 11.1 Å². The van der Waals surface area contributed by atoms with E-state index in [-0.39, 0.29) is 0 Å². The molecule has 0 radical (unpaired) electrons. The second-order valence-electron chi connectivity index (χ2n) is 14.8. The van der Waals surface area contributed by atoms with Crippen LogP contribution >= 0.6 is 15.8 Å². The van der Waals surface area contributed by atoms with Gasteiger partial charge in [-0.15, -0.1) is 0 Å². The van der Waals surface area contributed by atoms with Gasteiger partial charge in [0.1, 0.15) is 0 Å². The third kappa shape index (κ3) is 6.49. The molecule has 0 N–H and O–H groups in total. The Morgan fingerprint density at radius 2 is 0.615 bits per heavy atom. The summed E-state index contributed by atoms with van der Waals surface area (Å²) < 4.78 is 26.8. The third-order valence-electron chi connectivity index (χ3n) is 9.51. The molecule has 0 spiro atoms. The van der Waals surface area contributed by atoms with E-state index in [0.29, 0.717) is 0 Å². The Morgan fingerprint density at radius 3 is 0.885 bits per heavy atom. The van der Waals surface area contributed by atoms with Gasteiger partial charge in [0.05, 0.1) is 0 Å². The molecule has 0 saturated heterocycles. The maximum absolute atomic E-state index is 6.87. The molecule has 4 nitrogen and oxygen atoms in total. The second kappa shape index (κ2) is 13.1. The summed E-state index contributed by atoms with van der Waals surface area (Å²) in [6.45, 7) is 16.5. The quantitative estimate of drug-likeness (QED) is 0.154. The Hall–Kier alpha value is -4.62. The topological polar surface area (TPSA) is 36.9 Å². The zero-order valence-corrected chi connectivity index (χ0v) is 32.9. The number of rotatable bonds is 7. The highest BCUT2D eigenvalue weighted by atomic mass is 31.1. The number of aryl methyl sites for hydroxylation is 4. The Bertz CT molecular complexity index is 2020. The van der Waals surface area contributed by atoms with E-state index in [4.69, 9.17) is 18.9 Å². The highest BCUT2D eigenvalue weighted by Gasteiger charge is 2.42. The number of ether oxygens (including phenoxy) is 4. The lowest BCUT2D eigenvalue weighted by molar-refractivity contribution is -0.0442. The molecule has 0 bridgehead atoms. The van der Waals surface area contributed by atoms with E-state index in [1.165, 1.54) is 54.1 Å². The van der Waals surface area contributed by atoms with Crippen molar-refractivity contribution in [3.8, 4) is 34.1 Å². The molecule has 6 aromatic rings. The predicted molar refractivity (Wildman–Crippen MR) is 219 cm³/mol. The van der Waals surface area contributed by atoms with Gasteiger partial charge in [0.25, 0.3) is 0 Å². The van der Waals surface area contributed by atoms with E-state index in [0.717, 1.165) is 34.1 Å². The minimum atomic E-state index is -1.06. The van der Waals surface area contributed by atoms with Crippen molar-refractivity contribution in [2.45, 2.75) is 67.0 Å². The van der Waals surface area contributed by atoms with Crippen molar-refractivity contribution in [3.63, 3.8) is 0 Å². The summed E-state index contributed by atoms with van der Waals surface area (Å²) >= 11 is 0. The second-order valence-corrected chi connectivity index (χ2v) is 19.2. The first-order valence-corrected chi connectivity index (χ1v) is 20.5. The SMILES string of the molecule is Cc1ccc(P(c2ccc(C)cc2)c2ccc3c(c2-c2c(P(c4ccc(C)cc4)c4ccc(C)cc4)ccc4c2OC(C)(C)O4)OC(C)(C)O3)cc1. The van der Waals surface area contributed by atoms with Crippen molar-refractivity contribution in [2.24, 2.45) is 0 Å². The molecular weight excluding hydrogens is 678 g/mol. The molecule has 0 saturated carbocycles. The average molecular weight is 723 g/mol. The van der Waals surface area contributed by atoms with Crippen molar-refractivity contribution < 1.29 is 18.9 Å². The van der Waals surface area contributed by atoms with Crippen LogP contribution in [0.5, 0.6) is 23.0 Å². The molecule has 2 aliphatic heterocycles. The zero-order chi connectivity index (χ0) is 36.4. The first kappa shape index (κ1) is 34.5. The van der Waals surface area contributed by atoms with Crippen molar-refractivity contribution >= 4 is 47.7 Å². The highest BCUT2D eigenvalue weighted by Crippen LogP contribution is 2.56. The normalized spacial score (nSPS) is 15.0.